The van der Waals surface area contributed by atoms with Crippen molar-refractivity contribution in [1.29, 1.82) is 0 Å². The molecule has 0 bridgehead atoms. The number of nitrogens with zero attached hydrogens (tertiary/aromatic N) is 1. The molecular formula is C20H16FNO5. The number of hydrogen-bond acceptors (Lipinski definition) is 6. The highest BCUT2D eigenvalue weighted by Crippen LogP contribution is 2.34. The number of benzene rings is 1. The van der Waals surface area contributed by atoms with Gasteiger partial charge in [-0.05, 0) is 32.0 Å². The Morgan fingerprint density at radius 1 is 1.22 bits per heavy atom. The fourth-order valence-corrected chi connectivity index (χ4v) is 2.77. The van der Waals surface area contributed by atoms with Crippen molar-refractivity contribution in [2.24, 2.45) is 0 Å². The second kappa shape index (κ2) is 7.41. The molecule has 138 valence electrons. The van der Waals surface area contributed by atoms with Crippen LogP contribution in [0.2, 0.25) is 0 Å². The Morgan fingerprint density at radius 2 is 1.93 bits per heavy atom. The first-order chi connectivity index (χ1) is 12.9. The summed E-state index contributed by atoms with van der Waals surface area (Å²) in [5.41, 5.74) is -0.507. The van der Waals surface area contributed by atoms with Gasteiger partial charge in [0, 0.05) is 10.9 Å². The van der Waals surface area contributed by atoms with Gasteiger partial charge in [-0.2, -0.15) is 0 Å². The normalized spacial score (nSPS) is 12.0. The molecule has 0 saturated heterocycles. The first kappa shape index (κ1) is 18.3. The average molecular weight is 369 g/mol. The number of esters is 1. The summed E-state index contributed by atoms with van der Waals surface area (Å²) in [6.07, 6.45) is 0.966. The highest BCUT2D eigenvalue weighted by Gasteiger charge is 2.26. The first-order valence-electron chi connectivity index (χ1n) is 8.19. The third kappa shape index (κ3) is 3.44. The van der Waals surface area contributed by atoms with Crippen LogP contribution in [0.5, 0.6) is 0 Å². The molecule has 0 aliphatic rings. The van der Waals surface area contributed by atoms with Crippen LogP contribution in [0.1, 0.15) is 19.4 Å². The highest BCUT2D eigenvalue weighted by atomic mass is 19.1. The van der Waals surface area contributed by atoms with E-state index in [-0.39, 0.29) is 40.3 Å². The van der Waals surface area contributed by atoms with Gasteiger partial charge < -0.3 is 14.3 Å². The van der Waals surface area contributed by atoms with Gasteiger partial charge in [-0.3, -0.25) is 0 Å². The van der Waals surface area contributed by atoms with Gasteiger partial charge in [-0.1, -0.05) is 18.2 Å². The van der Waals surface area contributed by atoms with Crippen LogP contribution in [0.4, 0.5) is 4.39 Å². The molecular weight excluding hydrogens is 353 g/mol. The Morgan fingerprint density at radius 3 is 2.52 bits per heavy atom. The van der Waals surface area contributed by atoms with E-state index in [0.717, 1.165) is 12.3 Å². The van der Waals surface area contributed by atoms with Crippen molar-refractivity contribution in [3.05, 3.63) is 70.2 Å². The number of carbonyl (C=O) groups is 1. The molecule has 0 spiro atoms. The van der Waals surface area contributed by atoms with Crippen molar-refractivity contribution >= 4 is 22.3 Å². The second-order valence-electron chi connectivity index (χ2n) is 5.68. The summed E-state index contributed by atoms with van der Waals surface area (Å²) in [7, 11) is 0. The SMILES string of the molecule is CCOC(=O)/C(=C(\C)O)c1c(-c2ccc(F)cn2)oc(=O)c2ccccc12. The Balaban J connectivity index is 2.44. The molecule has 1 aromatic carbocycles. The van der Waals surface area contributed by atoms with Crippen molar-refractivity contribution in [2.45, 2.75) is 13.8 Å². The maximum absolute atomic E-state index is 13.3. The molecule has 2 heterocycles. The van der Waals surface area contributed by atoms with Gasteiger partial charge in [0.15, 0.2) is 5.76 Å². The quantitative estimate of drug-likeness (QED) is 0.427. The van der Waals surface area contributed by atoms with E-state index in [9.17, 15) is 19.1 Å². The van der Waals surface area contributed by atoms with E-state index in [1.54, 1.807) is 31.2 Å². The van der Waals surface area contributed by atoms with Gasteiger partial charge in [0.2, 0.25) is 0 Å². The van der Waals surface area contributed by atoms with Crippen LogP contribution < -0.4 is 5.63 Å². The maximum atomic E-state index is 13.3. The summed E-state index contributed by atoms with van der Waals surface area (Å²) in [6, 6.07) is 8.97. The third-order valence-corrected chi connectivity index (χ3v) is 3.89. The van der Waals surface area contributed by atoms with Crippen molar-refractivity contribution in [1.82, 2.24) is 4.98 Å². The molecule has 3 rings (SSSR count). The van der Waals surface area contributed by atoms with Crippen molar-refractivity contribution in [3.8, 4) is 11.5 Å². The number of ether oxygens (including phenoxy) is 1. The van der Waals surface area contributed by atoms with Gasteiger partial charge in [-0.15, -0.1) is 0 Å². The van der Waals surface area contributed by atoms with Gasteiger partial charge in [0.05, 0.1) is 18.2 Å². The number of aliphatic hydroxyl groups is 1. The molecule has 27 heavy (non-hydrogen) atoms. The van der Waals surface area contributed by atoms with E-state index in [1.807, 2.05) is 0 Å². The zero-order valence-electron chi connectivity index (χ0n) is 14.7. The zero-order chi connectivity index (χ0) is 19.6. The second-order valence-corrected chi connectivity index (χ2v) is 5.68. The molecule has 7 heteroatoms. The molecule has 2 aromatic heterocycles. The van der Waals surface area contributed by atoms with Crippen LogP contribution in [0.3, 0.4) is 0 Å². The van der Waals surface area contributed by atoms with Gasteiger partial charge in [0.25, 0.3) is 0 Å². The number of allylic oxidation sites excluding steroid dienone is 1. The molecule has 0 unspecified atom stereocenters. The van der Waals surface area contributed by atoms with Crippen LogP contribution in [0.15, 0.2) is 57.6 Å². The lowest BCUT2D eigenvalue weighted by atomic mass is 9.96. The number of carbonyl (C=O) groups excluding carboxylic acids is 1. The van der Waals surface area contributed by atoms with Gasteiger partial charge in [-0.25, -0.2) is 19.0 Å². The molecule has 0 amide bonds. The summed E-state index contributed by atoms with van der Waals surface area (Å²) in [5.74, 6) is -1.71. The Hall–Kier alpha value is -3.48. The van der Waals surface area contributed by atoms with E-state index in [0.29, 0.717) is 5.39 Å². The minimum atomic E-state index is -0.778. The third-order valence-electron chi connectivity index (χ3n) is 3.89. The molecule has 3 aromatic rings. The minimum absolute atomic E-state index is 0.0600. The summed E-state index contributed by atoms with van der Waals surface area (Å²) in [4.78, 5) is 28.9. The predicted molar refractivity (Wildman–Crippen MR) is 97.5 cm³/mol. The van der Waals surface area contributed by atoms with Crippen LogP contribution >= 0.6 is 0 Å². The molecule has 0 aliphatic heterocycles. The Bertz CT molecular complexity index is 1100. The largest absolute Gasteiger partial charge is 0.512 e. The van der Waals surface area contributed by atoms with Crippen molar-refractivity contribution in [3.63, 3.8) is 0 Å². The van der Waals surface area contributed by atoms with Crippen molar-refractivity contribution in [2.75, 3.05) is 6.61 Å². The molecule has 0 aliphatic carbocycles. The molecule has 0 saturated carbocycles. The number of halogens is 1. The zero-order valence-corrected chi connectivity index (χ0v) is 14.7. The molecule has 6 nitrogen and oxygen atoms in total. The molecule has 0 atom stereocenters. The topological polar surface area (TPSA) is 89.6 Å². The lowest BCUT2D eigenvalue weighted by molar-refractivity contribution is -0.136. The van der Waals surface area contributed by atoms with Gasteiger partial charge in [0.1, 0.15) is 22.8 Å². The molecule has 0 radical (unpaired) electrons. The molecule has 0 fully saturated rings. The summed E-state index contributed by atoms with van der Waals surface area (Å²) in [6.45, 7) is 3.05. The Labute approximate surface area is 153 Å². The predicted octanol–water partition coefficient (Wildman–Crippen LogP) is 3.85. The van der Waals surface area contributed by atoms with Crippen LogP contribution in [0, 0.1) is 5.82 Å². The lowest BCUT2D eigenvalue weighted by Gasteiger charge is -2.14. The fourth-order valence-electron chi connectivity index (χ4n) is 2.77. The highest BCUT2D eigenvalue weighted by molar-refractivity contribution is 6.22. The molecule has 1 N–H and O–H groups in total. The van der Waals surface area contributed by atoms with E-state index >= 15 is 0 Å². The fraction of sp³-hybridized carbons (Fsp3) is 0.150. The minimum Gasteiger partial charge on any atom is -0.512 e. The summed E-state index contributed by atoms with van der Waals surface area (Å²) >= 11 is 0. The monoisotopic (exact) mass is 369 g/mol. The van der Waals surface area contributed by atoms with E-state index in [4.69, 9.17) is 9.15 Å². The van der Waals surface area contributed by atoms with Gasteiger partial charge >= 0.3 is 11.6 Å². The number of aliphatic hydroxyl groups excluding tert-OH is 1. The Kier molecular flexibility index (Phi) is 5.03. The standard InChI is InChI=1S/C20H16FNO5/c1-3-26-20(25)16(11(2)23)17-13-6-4-5-7-14(13)19(24)27-18(17)15-9-8-12(21)10-22-15/h4-10,23H,3H2,1-2H3/b16-11+. The lowest BCUT2D eigenvalue weighted by Crippen LogP contribution is -2.13. The first-order valence-corrected chi connectivity index (χ1v) is 8.19. The van der Waals surface area contributed by atoms with E-state index in [2.05, 4.69) is 4.98 Å². The average Bonchev–Trinajstić information content (AvgIpc) is 2.64. The number of pyridine rings is 1. The number of rotatable bonds is 4. The summed E-state index contributed by atoms with van der Waals surface area (Å²) in [5, 5.41) is 10.8. The van der Waals surface area contributed by atoms with E-state index in [1.165, 1.54) is 13.0 Å². The van der Waals surface area contributed by atoms with Crippen LogP contribution in [-0.2, 0) is 9.53 Å². The van der Waals surface area contributed by atoms with Crippen LogP contribution in [0.25, 0.3) is 27.8 Å². The van der Waals surface area contributed by atoms with E-state index < -0.39 is 17.4 Å². The summed E-state index contributed by atoms with van der Waals surface area (Å²) < 4.78 is 23.7. The number of fused-ring (bicyclic) bond motifs is 1. The number of hydrogen-bond donors (Lipinski definition) is 1. The van der Waals surface area contributed by atoms with Crippen molar-refractivity contribution < 1.29 is 23.4 Å². The van der Waals surface area contributed by atoms with Crippen LogP contribution in [-0.4, -0.2) is 22.7 Å². The number of aromatic nitrogens is 1. The smallest absolute Gasteiger partial charge is 0.344 e. The maximum Gasteiger partial charge on any atom is 0.344 e.